The van der Waals surface area contributed by atoms with Crippen molar-refractivity contribution in [2.75, 3.05) is 39.5 Å². The molecule has 0 aliphatic heterocycles. The van der Waals surface area contributed by atoms with Crippen molar-refractivity contribution in [1.29, 1.82) is 0 Å². The molecular formula is C20H21NO7S. The number of hydrogen-bond donors (Lipinski definition) is 1. The first-order valence-corrected chi connectivity index (χ1v) is 9.37. The summed E-state index contributed by atoms with van der Waals surface area (Å²) in [5.41, 5.74) is 0.491. The van der Waals surface area contributed by atoms with Crippen LogP contribution in [-0.4, -0.2) is 52.0 Å². The van der Waals surface area contributed by atoms with Crippen LogP contribution >= 0.6 is 11.8 Å². The fraction of sp³-hybridized carbons (Fsp3) is 0.250. The predicted octanol–water partition coefficient (Wildman–Crippen LogP) is 3.01. The van der Waals surface area contributed by atoms with E-state index in [9.17, 15) is 14.4 Å². The van der Waals surface area contributed by atoms with Crippen LogP contribution in [0.5, 0.6) is 11.5 Å². The molecule has 0 aromatic heterocycles. The Hall–Kier alpha value is -3.20. The smallest absolute Gasteiger partial charge is 0.339 e. The molecule has 9 heteroatoms. The highest BCUT2D eigenvalue weighted by molar-refractivity contribution is 8.00. The number of carbonyl (C=O) groups is 3. The van der Waals surface area contributed by atoms with Gasteiger partial charge in [-0.1, -0.05) is 0 Å². The Morgan fingerprint density at radius 3 is 2.17 bits per heavy atom. The second kappa shape index (κ2) is 10.4. The van der Waals surface area contributed by atoms with E-state index in [1.54, 1.807) is 25.3 Å². The van der Waals surface area contributed by atoms with E-state index in [-0.39, 0.29) is 28.5 Å². The Bertz CT molecular complexity index is 914. The number of benzene rings is 2. The molecule has 0 fully saturated rings. The number of methoxy groups -OCH3 is 4. The van der Waals surface area contributed by atoms with E-state index in [2.05, 4.69) is 10.1 Å². The molecule has 1 N–H and O–H groups in total. The van der Waals surface area contributed by atoms with E-state index in [1.165, 1.54) is 51.3 Å². The molecule has 29 heavy (non-hydrogen) atoms. The van der Waals surface area contributed by atoms with Gasteiger partial charge in [-0.15, -0.1) is 11.8 Å². The molecule has 0 aliphatic rings. The van der Waals surface area contributed by atoms with E-state index in [0.29, 0.717) is 11.5 Å². The fourth-order valence-electron chi connectivity index (χ4n) is 2.42. The molecule has 2 aromatic carbocycles. The highest BCUT2D eigenvalue weighted by Crippen LogP contribution is 2.32. The third-order valence-electron chi connectivity index (χ3n) is 3.84. The molecule has 0 saturated heterocycles. The van der Waals surface area contributed by atoms with Gasteiger partial charge in [0.25, 0.3) is 0 Å². The SMILES string of the molecule is COC(=O)c1ccc(C(=O)OC)c(NC(=O)CSc2ccc(OC)c(OC)c2)c1. The van der Waals surface area contributed by atoms with Crippen molar-refractivity contribution in [3.05, 3.63) is 47.5 Å². The van der Waals surface area contributed by atoms with Gasteiger partial charge in [-0.2, -0.15) is 0 Å². The third-order valence-corrected chi connectivity index (χ3v) is 4.84. The molecule has 0 radical (unpaired) electrons. The van der Waals surface area contributed by atoms with Crippen LogP contribution < -0.4 is 14.8 Å². The minimum absolute atomic E-state index is 0.0680. The summed E-state index contributed by atoms with van der Waals surface area (Å²) in [5, 5.41) is 2.64. The monoisotopic (exact) mass is 419 g/mol. The van der Waals surface area contributed by atoms with Crippen molar-refractivity contribution < 1.29 is 33.3 Å². The van der Waals surface area contributed by atoms with Gasteiger partial charge in [0.2, 0.25) is 5.91 Å². The average Bonchev–Trinajstić information content (AvgIpc) is 2.76. The van der Waals surface area contributed by atoms with Gasteiger partial charge in [0.15, 0.2) is 11.5 Å². The van der Waals surface area contributed by atoms with Gasteiger partial charge in [-0.05, 0) is 36.4 Å². The summed E-state index contributed by atoms with van der Waals surface area (Å²) in [4.78, 5) is 36.9. The molecule has 0 saturated carbocycles. The van der Waals surface area contributed by atoms with E-state index in [4.69, 9.17) is 14.2 Å². The minimum atomic E-state index is -0.635. The molecule has 8 nitrogen and oxygen atoms in total. The average molecular weight is 419 g/mol. The van der Waals surface area contributed by atoms with E-state index in [1.807, 2.05) is 0 Å². The molecule has 0 atom stereocenters. The van der Waals surface area contributed by atoms with Crippen molar-refractivity contribution in [3.8, 4) is 11.5 Å². The number of hydrogen-bond acceptors (Lipinski definition) is 8. The van der Waals surface area contributed by atoms with Crippen LogP contribution in [-0.2, 0) is 14.3 Å². The van der Waals surface area contributed by atoms with Gasteiger partial charge in [0.05, 0.1) is 51.0 Å². The predicted molar refractivity (Wildman–Crippen MR) is 108 cm³/mol. The number of nitrogens with one attached hydrogen (secondary N) is 1. The lowest BCUT2D eigenvalue weighted by molar-refractivity contribution is -0.113. The van der Waals surface area contributed by atoms with Crippen molar-refractivity contribution >= 4 is 35.3 Å². The number of thioether (sulfide) groups is 1. The Kier molecular flexibility index (Phi) is 7.90. The standard InChI is InChI=1S/C20H21NO7S/c1-25-16-8-6-13(10-17(16)26-2)29-11-18(22)21-15-9-12(19(23)27-3)5-7-14(15)20(24)28-4/h5-10H,11H2,1-4H3,(H,21,22). The lowest BCUT2D eigenvalue weighted by atomic mass is 10.1. The number of esters is 2. The Morgan fingerprint density at radius 1 is 0.862 bits per heavy atom. The maximum absolute atomic E-state index is 12.4. The summed E-state index contributed by atoms with van der Waals surface area (Å²) in [6.07, 6.45) is 0. The Labute approximate surface area is 172 Å². The van der Waals surface area contributed by atoms with Crippen molar-refractivity contribution in [2.24, 2.45) is 0 Å². The molecule has 154 valence electrons. The lowest BCUT2D eigenvalue weighted by Gasteiger charge is -2.12. The van der Waals surface area contributed by atoms with Gasteiger partial charge in [-0.3, -0.25) is 4.79 Å². The van der Waals surface area contributed by atoms with Gasteiger partial charge in [0, 0.05) is 4.90 Å². The first-order valence-electron chi connectivity index (χ1n) is 8.38. The van der Waals surface area contributed by atoms with Crippen LogP contribution in [0.15, 0.2) is 41.3 Å². The highest BCUT2D eigenvalue weighted by Gasteiger charge is 2.17. The maximum atomic E-state index is 12.4. The quantitative estimate of drug-likeness (QED) is 0.515. The second-order valence-electron chi connectivity index (χ2n) is 5.60. The zero-order chi connectivity index (χ0) is 21.4. The zero-order valence-electron chi connectivity index (χ0n) is 16.4. The number of rotatable bonds is 8. The first-order chi connectivity index (χ1) is 13.9. The second-order valence-corrected chi connectivity index (χ2v) is 6.65. The summed E-state index contributed by atoms with van der Waals surface area (Å²) >= 11 is 1.28. The molecule has 0 aliphatic carbocycles. The summed E-state index contributed by atoms with van der Waals surface area (Å²) in [6, 6.07) is 9.50. The summed E-state index contributed by atoms with van der Waals surface area (Å²) in [5.74, 6) is -0.378. The number of anilines is 1. The van der Waals surface area contributed by atoms with Crippen LogP contribution in [0.1, 0.15) is 20.7 Å². The van der Waals surface area contributed by atoms with Gasteiger partial charge in [0.1, 0.15) is 0 Å². The molecule has 1 amide bonds. The summed E-state index contributed by atoms with van der Waals surface area (Å²) < 4.78 is 19.8. The molecule has 0 spiro atoms. The van der Waals surface area contributed by atoms with Crippen LogP contribution in [0.4, 0.5) is 5.69 Å². The molecule has 0 heterocycles. The van der Waals surface area contributed by atoms with Crippen molar-refractivity contribution in [3.63, 3.8) is 0 Å². The van der Waals surface area contributed by atoms with Gasteiger partial charge < -0.3 is 24.3 Å². The molecule has 0 unspecified atom stereocenters. The van der Waals surface area contributed by atoms with Crippen LogP contribution in [0, 0.1) is 0 Å². The van der Waals surface area contributed by atoms with Crippen molar-refractivity contribution in [2.45, 2.75) is 4.90 Å². The van der Waals surface area contributed by atoms with Crippen molar-refractivity contribution in [1.82, 2.24) is 0 Å². The fourth-order valence-corrected chi connectivity index (χ4v) is 3.15. The lowest BCUT2D eigenvalue weighted by Crippen LogP contribution is -2.18. The highest BCUT2D eigenvalue weighted by atomic mass is 32.2. The van der Waals surface area contributed by atoms with Gasteiger partial charge >= 0.3 is 11.9 Å². The van der Waals surface area contributed by atoms with E-state index < -0.39 is 11.9 Å². The molecule has 2 aromatic rings. The minimum Gasteiger partial charge on any atom is -0.493 e. The maximum Gasteiger partial charge on any atom is 0.339 e. The molecule has 0 bridgehead atoms. The largest absolute Gasteiger partial charge is 0.493 e. The Morgan fingerprint density at radius 2 is 1.55 bits per heavy atom. The van der Waals surface area contributed by atoms with E-state index >= 15 is 0 Å². The van der Waals surface area contributed by atoms with E-state index in [0.717, 1.165) is 4.90 Å². The topological polar surface area (TPSA) is 100 Å². The van der Waals surface area contributed by atoms with Crippen LogP contribution in [0.25, 0.3) is 0 Å². The summed E-state index contributed by atoms with van der Waals surface area (Å²) in [6.45, 7) is 0. The van der Waals surface area contributed by atoms with Crippen LogP contribution in [0.2, 0.25) is 0 Å². The molecule has 2 rings (SSSR count). The molecular weight excluding hydrogens is 398 g/mol. The number of carbonyl (C=O) groups excluding carboxylic acids is 3. The third kappa shape index (κ3) is 5.64. The zero-order valence-corrected chi connectivity index (χ0v) is 17.3. The van der Waals surface area contributed by atoms with Gasteiger partial charge in [-0.25, -0.2) is 9.59 Å². The van der Waals surface area contributed by atoms with Crippen LogP contribution in [0.3, 0.4) is 0 Å². The first kappa shape index (κ1) is 22.1. The number of amides is 1. The number of ether oxygens (including phenoxy) is 4. The summed E-state index contributed by atoms with van der Waals surface area (Å²) in [7, 11) is 5.55. The Balaban J connectivity index is 2.15. The normalized spacial score (nSPS) is 10.1.